The maximum Gasteiger partial charge on any atom is 0.244 e. The molecule has 2 heterocycles. The van der Waals surface area contributed by atoms with Crippen molar-refractivity contribution in [3.05, 3.63) is 65.7 Å². The molecule has 198 valence electrons. The highest BCUT2D eigenvalue weighted by Gasteiger charge is 2.42. The summed E-state index contributed by atoms with van der Waals surface area (Å²) in [4.78, 5) is 36.5. The first-order valence-electron chi connectivity index (χ1n) is 14.1. The quantitative estimate of drug-likeness (QED) is 0.488. The van der Waals surface area contributed by atoms with Crippen molar-refractivity contribution in [2.24, 2.45) is 11.8 Å². The zero-order chi connectivity index (χ0) is 25.8. The Morgan fingerprint density at radius 2 is 1.59 bits per heavy atom. The van der Waals surface area contributed by atoms with Crippen LogP contribution < -0.4 is 10.4 Å². The molecule has 1 aliphatic carbocycles. The Hall–Kier alpha value is -2.70. The molecule has 1 saturated heterocycles. The van der Waals surface area contributed by atoms with Crippen molar-refractivity contribution >= 4 is 17.5 Å². The summed E-state index contributed by atoms with van der Waals surface area (Å²) in [6, 6.07) is 18.6. The zero-order valence-corrected chi connectivity index (χ0v) is 22.3. The fraction of sp³-hybridized carbons (Fsp3) is 0.548. The lowest BCUT2D eigenvalue weighted by atomic mass is 9.79. The molecule has 0 bridgehead atoms. The number of carbonyl (C=O) groups excluding carboxylic acids is 2. The van der Waals surface area contributed by atoms with Gasteiger partial charge < -0.3 is 9.80 Å². The first-order chi connectivity index (χ1) is 18.0. The largest absolute Gasteiger partial charge is 0.308 e. The van der Waals surface area contributed by atoms with Gasteiger partial charge in [-0.1, -0.05) is 62.4 Å². The van der Waals surface area contributed by atoms with Crippen molar-refractivity contribution in [3.8, 4) is 0 Å². The molecule has 37 heavy (non-hydrogen) atoms. The lowest BCUT2D eigenvalue weighted by Gasteiger charge is -2.43. The monoisotopic (exact) mass is 503 g/mol. The summed E-state index contributed by atoms with van der Waals surface area (Å²) in [6.45, 7) is 7.11. The highest BCUT2D eigenvalue weighted by molar-refractivity contribution is 6.07. The smallest absolute Gasteiger partial charge is 0.244 e. The van der Waals surface area contributed by atoms with Gasteiger partial charge in [-0.05, 0) is 67.6 Å². The van der Waals surface area contributed by atoms with Crippen LogP contribution >= 0.6 is 0 Å². The summed E-state index contributed by atoms with van der Waals surface area (Å²) >= 11 is 0. The number of likely N-dealkylation sites (tertiary alicyclic amines) is 1. The second-order valence-electron chi connectivity index (χ2n) is 11.4. The number of amides is 2. The second-order valence-corrected chi connectivity index (χ2v) is 11.4. The molecule has 1 saturated carbocycles. The van der Waals surface area contributed by atoms with Gasteiger partial charge in [0.05, 0.1) is 12.5 Å². The van der Waals surface area contributed by atoms with Crippen molar-refractivity contribution in [2.45, 2.75) is 83.4 Å². The number of piperidine rings is 1. The van der Waals surface area contributed by atoms with Gasteiger partial charge in [-0.25, -0.2) is 5.48 Å². The predicted octanol–water partition coefficient (Wildman–Crippen LogP) is 5.43. The molecule has 3 aliphatic rings. The SMILES string of the molecule is CC(C)C1CCC(N2CCC(N3C(=O)C(CC(=O)NOCc4ccccc4)c4ccccc43)CC2)CC1. The molecule has 6 heteroatoms. The number of rotatable bonds is 8. The Kier molecular flexibility index (Phi) is 8.26. The molecular formula is C31H41N3O3. The molecule has 2 aromatic carbocycles. The van der Waals surface area contributed by atoms with E-state index in [0.29, 0.717) is 12.6 Å². The molecule has 1 unspecified atom stereocenters. The van der Waals surface area contributed by atoms with E-state index in [1.807, 2.05) is 59.5 Å². The van der Waals surface area contributed by atoms with Crippen LogP contribution in [0.4, 0.5) is 5.69 Å². The van der Waals surface area contributed by atoms with E-state index >= 15 is 0 Å². The van der Waals surface area contributed by atoms with Crippen LogP contribution in [0.15, 0.2) is 54.6 Å². The number of hydrogen-bond donors (Lipinski definition) is 1. The molecule has 5 rings (SSSR count). The fourth-order valence-electron chi connectivity index (χ4n) is 6.64. The molecule has 1 atom stereocenters. The maximum absolute atomic E-state index is 13.7. The lowest BCUT2D eigenvalue weighted by molar-refractivity contribution is -0.136. The molecule has 2 aliphatic heterocycles. The Balaban J connectivity index is 1.16. The summed E-state index contributed by atoms with van der Waals surface area (Å²) in [6.07, 6.45) is 7.38. The van der Waals surface area contributed by atoms with E-state index in [-0.39, 0.29) is 24.3 Å². The number of para-hydroxylation sites is 1. The summed E-state index contributed by atoms with van der Waals surface area (Å²) in [5.41, 5.74) is 5.46. The van der Waals surface area contributed by atoms with Crippen LogP contribution in [0.1, 0.15) is 75.8 Å². The number of carbonyl (C=O) groups is 2. The third-order valence-electron chi connectivity index (χ3n) is 8.83. The Morgan fingerprint density at radius 1 is 0.919 bits per heavy atom. The van der Waals surface area contributed by atoms with Gasteiger partial charge in [-0.3, -0.25) is 14.4 Å². The topological polar surface area (TPSA) is 61.9 Å². The van der Waals surface area contributed by atoms with E-state index < -0.39 is 5.92 Å². The summed E-state index contributed by atoms with van der Waals surface area (Å²) in [7, 11) is 0. The first kappa shape index (κ1) is 25.9. The number of benzene rings is 2. The lowest BCUT2D eigenvalue weighted by Crippen LogP contribution is -2.50. The predicted molar refractivity (Wildman–Crippen MR) is 146 cm³/mol. The van der Waals surface area contributed by atoms with Crippen LogP contribution in [0.3, 0.4) is 0 Å². The van der Waals surface area contributed by atoms with Gasteiger partial charge in [0.2, 0.25) is 11.8 Å². The average Bonchev–Trinajstić information content (AvgIpc) is 3.20. The van der Waals surface area contributed by atoms with Crippen molar-refractivity contribution in [2.75, 3.05) is 18.0 Å². The molecule has 0 radical (unpaired) electrons. The highest BCUT2D eigenvalue weighted by Crippen LogP contribution is 2.42. The van der Waals surface area contributed by atoms with Crippen LogP contribution in [-0.4, -0.2) is 41.9 Å². The van der Waals surface area contributed by atoms with Crippen LogP contribution in [0.25, 0.3) is 0 Å². The number of fused-ring (bicyclic) bond motifs is 1. The molecule has 2 amide bonds. The van der Waals surface area contributed by atoms with Crippen molar-refractivity contribution in [1.29, 1.82) is 0 Å². The third-order valence-corrected chi connectivity index (χ3v) is 8.83. The average molecular weight is 504 g/mol. The Labute approximate surface area is 221 Å². The number of anilines is 1. The number of nitrogens with zero attached hydrogens (tertiary/aromatic N) is 2. The first-order valence-corrected chi connectivity index (χ1v) is 14.1. The molecule has 2 aromatic rings. The second kappa shape index (κ2) is 11.8. The van der Waals surface area contributed by atoms with Crippen LogP contribution in [0.5, 0.6) is 0 Å². The van der Waals surface area contributed by atoms with Crippen molar-refractivity contribution in [3.63, 3.8) is 0 Å². The molecule has 6 nitrogen and oxygen atoms in total. The normalized spacial score (nSPS) is 24.9. The molecule has 0 aromatic heterocycles. The van der Waals surface area contributed by atoms with E-state index in [9.17, 15) is 9.59 Å². The fourth-order valence-corrected chi connectivity index (χ4v) is 6.64. The zero-order valence-electron chi connectivity index (χ0n) is 22.3. The van der Waals surface area contributed by atoms with E-state index in [0.717, 1.165) is 54.6 Å². The molecule has 1 N–H and O–H groups in total. The van der Waals surface area contributed by atoms with Crippen molar-refractivity contribution in [1.82, 2.24) is 10.4 Å². The molecule has 0 spiro atoms. The minimum Gasteiger partial charge on any atom is -0.308 e. The highest BCUT2D eigenvalue weighted by atomic mass is 16.6. The van der Waals surface area contributed by atoms with Gasteiger partial charge in [0.25, 0.3) is 0 Å². The van der Waals surface area contributed by atoms with Gasteiger partial charge in [0.15, 0.2) is 0 Å². The summed E-state index contributed by atoms with van der Waals surface area (Å²) < 4.78 is 0. The van der Waals surface area contributed by atoms with Gasteiger partial charge in [0, 0.05) is 37.3 Å². The van der Waals surface area contributed by atoms with Crippen molar-refractivity contribution < 1.29 is 14.4 Å². The minimum absolute atomic E-state index is 0.0512. The summed E-state index contributed by atoms with van der Waals surface area (Å²) in [5.74, 6) is 0.998. The molecule has 2 fully saturated rings. The van der Waals surface area contributed by atoms with Gasteiger partial charge in [-0.15, -0.1) is 0 Å². The van der Waals surface area contributed by atoms with Gasteiger partial charge in [-0.2, -0.15) is 0 Å². The maximum atomic E-state index is 13.7. The number of hydroxylamine groups is 1. The van der Waals surface area contributed by atoms with E-state index in [4.69, 9.17) is 4.84 Å². The van der Waals surface area contributed by atoms with Crippen LogP contribution in [0, 0.1) is 11.8 Å². The number of nitrogens with one attached hydrogen (secondary N) is 1. The van der Waals surface area contributed by atoms with E-state index in [1.54, 1.807) is 0 Å². The Bertz CT molecular complexity index is 1060. The van der Waals surface area contributed by atoms with Crippen LogP contribution in [-0.2, 0) is 21.0 Å². The number of hydrogen-bond acceptors (Lipinski definition) is 4. The minimum atomic E-state index is -0.458. The Morgan fingerprint density at radius 3 is 2.30 bits per heavy atom. The van der Waals surface area contributed by atoms with Gasteiger partial charge >= 0.3 is 0 Å². The van der Waals surface area contributed by atoms with E-state index in [1.165, 1.54) is 25.7 Å². The van der Waals surface area contributed by atoms with Crippen LogP contribution in [0.2, 0.25) is 0 Å². The summed E-state index contributed by atoms with van der Waals surface area (Å²) in [5, 5.41) is 0. The standard InChI is InChI=1S/C31H41N3O3/c1-22(2)24-12-14-25(15-13-24)33-18-16-26(17-19-33)34-29-11-7-6-10-27(29)28(31(34)36)20-30(35)32-37-21-23-8-4-3-5-9-23/h3-11,22,24-26,28H,12-21H2,1-2H3,(H,32,35). The molecular weight excluding hydrogens is 462 g/mol. The van der Waals surface area contributed by atoms with Gasteiger partial charge in [0.1, 0.15) is 0 Å². The third kappa shape index (κ3) is 5.91. The van der Waals surface area contributed by atoms with E-state index in [2.05, 4.69) is 24.2 Å².